The number of hydrogen-bond donors (Lipinski definition) is 2. The van der Waals surface area contributed by atoms with Crippen LogP contribution in [-0.4, -0.2) is 66.9 Å². The van der Waals surface area contributed by atoms with Crippen molar-refractivity contribution in [3.8, 4) is 5.82 Å². The summed E-state index contributed by atoms with van der Waals surface area (Å²) in [5.74, 6) is 0.351. The molecule has 4 aromatic rings. The normalized spacial score (nSPS) is 13.3. The number of nitrogens with one attached hydrogen (secondary N) is 2. The fraction of sp³-hybridized carbons (Fsp3) is 0.300. The average molecular weight is 503 g/mol. The van der Waals surface area contributed by atoms with Gasteiger partial charge in [0.15, 0.2) is 11.5 Å². The maximum Gasteiger partial charge on any atom is 0.323 e. The monoisotopic (exact) mass is 502 g/mol. The summed E-state index contributed by atoms with van der Waals surface area (Å²) in [5.41, 5.74) is 2.17. The Bertz CT molecular complexity index is 1320. The van der Waals surface area contributed by atoms with Crippen molar-refractivity contribution >= 4 is 51.9 Å². The van der Waals surface area contributed by atoms with E-state index in [4.69, 9.17) is 27.9 Å². The molecule has 2 N–H and O–H groups in total. The Kier molecular flexibility index (Phi) is 6.18. The molecule has 0 atom stereocenters. The quantitative estimate of drug-likeness (QED) is 0.375. The summed E-state index contributed by atoms with van der Waals surface area (Å²) < 4.78 is 6.89. The first-order valence-corrected chi connectivity index (χ1v) is 11.2. The molecule has 4 aromatic heterocycles. The summed E-state index contributed by atoms with van der Waals surface area (Å²) in [6, 6.07) is 1.40. The van der Waals surface area contributed by atoms with Crippen LogP contribution in [0, 0.1) is 0 Å². The number of halogens is 2. The van der Waals surface area contributed by atoms with Gasteiger partial charge in [-0.2, -0.15) is 15.3 Å². The first-order chi connectivity index (χ1) is 16.5. The number of rotatable bonds is 8. The molecule has 0 aromatic carbocycles. The van der Waals surface area contributed by atoms with E-state index in [1.54, 1.807) is 30.1 Å². The Balaban J connectivity index is 1.41. The zero-order chi connectivity index (χ0) is 23.7. The van der Waals surface area contributed by atoms with Gasteiger partial charge in [-0.15, -0.1) is 4.80 Å². The van der Waals surface area contributed by atoms with Gasteiger partial charge in [0.1, 0.15) is 10.8 Å². The van der Waals surface area contributed by atoms with Gasteiger partial charge < -0.3 is 20.3 Å². The van der Waals surface area contributed by atoms with Gasteiger partial charge in [0.25, 0.3) is 0 Å². The Labute approximate surface area is 203 Å². The first-order valence-electron chi connectivity index (χ1n) is 10.4. The van der Waals surface area contributed by atoms with Crippen LogP contribution in [-0.2, 0) is 4.74 Å². The lowest BCUT2D eigenvalue weighted by Crippen LogP contribution is -2.32. The fourth-order valence-corrected chi connectivity index (χ4v) is 3.99. The minimum atomic E-state index is -0.490. The lowest BCUT2D eigenvalue weighted by Gasteiger charge is -2.27. The van der Waals surface area contributed by atoms with Gasteiger partial charge in [-0.1, -0.05) is 23.2 Å². The number of pyridine rings is 1. The highest BCUT2D eigenvalue weighted by molar-refractivity contribution is 6.32. The van der Waals surface area contributed by atoms with E-state index in [9.17, 15) is 4.79 Å². The molecule has 0 unspecified atom stereocenters. The highest BCUT2D eigenvalue weighted by Gasteiger charge is 2.33. The molecular weight excluding hydrogens is 483 g/mol. The Morgan fingerprint density at radius 1 is 1.21 bits per heavy atom. The number of amides is 2. The average Bonchev–Trinajstić information content (AvgIpc) is 3.35. The van der Waals surface area contributed by atoms with Crippen LogP contribution in [0.4, 0.5) is 21.9 Å². The van der Waals surface area contributed by atoms with Crippen molar-refractivity contribution in [2.24, 2.45) is 0 Å². The molecule has 2 amide bonds. The number of urea groups is 1. The topological polar surface area (TPSA) is 127 Å². The van der Waals surface area contributed by atoms with E-state index < -0.39 is 6.03 Å². The minimum Gasteiger partial charge on any atom is -0.383 e. The van der Waals surface area contributed by atoms with Crippen molar-refractivity contribution < 1.29 is 9.53 Å². The minimum absolute atomic E-state index is 0.282. The lowest BCUT2D eigenvalue weighted by atomic mass is 10.3. The van der Waals surface area contributed by atoms with Crippen molar-refractivity contribution in [1.29, 1.82) is 0 Å². The van der Waals surface area contributed by atoms with Gasteiger partial charge in [-0.05, 0) is 18.9 Å². The molecule has 1 aliphatic carbocycles. The van der Waals surface area contributed by atoms with Crippen LogP contribution < -0.4 is 15.5 Å². The van der Waals surface area contributed by atoms with E-state index >= 15 is 0 Å². The highest BCUT2D eigenvalue weighted by atomic mass is 35.5. The van der Waals surface area contributed by atoms with Crippen LogP contribution >= 0.6 is 23.2 Å². The lowest BCUT2D eigenvalue weighted by molar-refractivity contribution is 0.205. The second-order valence-corrected chi connectivity index (χ2v) is 8.38. The summed E-state index contributed by atoms with van der Waals surface area (Å²) in [4.78, 5) is 25.0. The summed E-state index contributed by atoms with van der Waals surface area (Å²) in [7, 11) is 1.65. The molecule has 176 valence electrons. The maximum atomic E-state index is 12.9. The van der Waals surface area contributed by atoms with Gasteiger partial charge in [0, 0.05) is 19.7 Å². The number of anilines is 3. The Morgan fingerprint density at radius 2 is 2.00 bits per heavy atom. The molecule has 0 bridgehead atoms. The second kappa shape index (κ2) is 9.41. The molecule has 4 heterocycles. The van der Waals surface area contributed by atoms with Crippen molar-refractivity contribution in [3.05, 3.63) is 47.2 Å². The molecule has 0 aliphatic heterocycles. The molecule has 1 saturated carbocycles. The van der Waals surface area contributed by atoms with Crippen LogP contribution in [0.1, 0.15) is 12.8 Å². The Hall–Kier alpha value is -3.48. The molecule has 12 nitrogen and oxygen atoms in total. The van der Waals surface area contributed by atoms with E-state index in [1.165, 1.54) is 23.4 Å². The van der Waals surface area contributed by atoms with Crippen LogP contribution in [0.15, 0.2) is 37.1 Å². The third-order valence-electron chi connectivity index (χ3n) is 5.18. The first kappa shape index (κ1) is 22.3. The second-order valence-electron chi connectivity index (χ2n) is 7.58. The molecule has 0 saturated heterocycles. The fourth-order valence-electron chi connectivity index (χ4n) is 3.58. The number of nitrogens with zero attached hydrogens (tertiary/aromatic N) is 8. The van der Waals surface area contributed by atoms with E-state index in [-0.39, 0.29) is 5.02 Å². The van der Waals surface area contributed by atoms with Crippen molar-refractivity contribution in [2.45, 2.75) is 18.9 Å². The van der Waals surface area contributed by atoms with Crippen LogP contribution in [0.5, 0.6) is 0 Å². The molecular formula is C20H20Cl2N10O2. The molecule has 0 spiro atoms. The summed E-state index contributed by atoms with van der Waals surface area (Å²) >= 11 is 12.4. The van der Waals surface area contributed by atoms with Gasteiger partial charge in [-0.25, -0.2) is 19.3 Å². The van der Waals surface area contributed by atoms with E-state index in [2.05, 4.69) is 40.8 Å². The van der Waals surface area contributed by atoms with Crippen LogP contribution in [0.3, 0.4) is 0 Å². The molecule has 0 radical (unpaired) electrons. The number of aromatic nitrogens is 7. The predicted molar refractivity (Wildman–Crippen MR) is 127 cm³/mol. The zero-order valence-corrected chi connectivity index (χ0v) is 19.5. The highest BCUT2D eigenvalue weighted by Crippen LogP contribution is 2.38. The smallest absolute Gasteiger partial charge is 0.323 e. The summed E-state index contributed by atoms with van der Waals surface area (Å²) in [5, 5.41) is 18.6. The number of carbonyl (C=O) groups is 1. The molecule has 1 aliphatic rings. The summed E-state index contributed by atoms with van der Waals surface area (Å²) in [6.07, 6.45) is 9.78. The van der Waals surface area contributed by atoms with Crippen molar-refractivity contribution in [3.63, 3.8) is 0 Å². The number of imidazole rings is 1. The van der Waals surface area contributed by atoms with Gasteiger partial charge >= 0.3 is 6.03 Å². The molecule has 14 heteroatoms. The van der Waals surface area contributed by atoms with Crippen molar-refractivity contribution in [2.75, 3.05) is 35.8 Å². The standard InChI is InChI=1S/C20H20Cl2N10O2/c1-34-7-6-30(13-2-3-13)17-15(10-26-31-11-16(22)29-19(17)31)28-20(33)27-12-8-14(21)18(23-9-12)32-24-4-5-25-32/h4-5,8-11,13H,2-3,6-7H2,1H3,(H2,27,28,33). The summed E-state index contributed by atoms with van der Waals surface area (Å²) in [6.45, 7) is 1.15. The van der Waals surface area contributed by atoms with Gasteiger partial charge in [0.05, 0.1) is 54.0 Å². The van der Waals surface area contributed by atoms with Gasteiger partial charge in [-0.3, -0.25) is 0 Å². The predicted octanol–water partition coefficient (Wildman–Crippen LogP) is 3.27. The van der Waals surface area contributed by atoms with E-state index in [0.717, 1.165) is 18.5 Å². The maximum absolute atomic E-state index is 12.9. The largest absolute Gasteiger partial charge is 0.383 e. The third kappa shape index (κ3) is 4.60. The van der Waals surface area contributed by atoms with Gasteiger partial charge in [0.2, 0.25) is 0 Å². The number of fused-ring (bicyclic) bond motifs is 1. The zero-order valence-electron chi connectivity index (χ0n) is 18.0. The van der Waals surface area contributed by atoms with Crippen LogP contribution in [0.25, 0.3) is 11.5 Å². The SMILES string of the molecule is COCCN(c1c(NC(=O)Nc2cnc(-n3nccn3)c(Cl)c2)cnn2cc(Cl)nc12)C1CC1. The van der Waals surface area contributed by atoms with E-state index in [1.807, 2.05) is 0 Å². The Morgan fingerprint density at radius 3 is 2.71 bits per heavy atom. The number of carbonyl (C=O) groups excluding carboxylic acids is 1. The number of hydrogen-bond acceptors (Lipinski definition) is 8. The molecule has 34 heavy (non-hydrogen) atoms. The van der Waals surface area contributed by atoms with Crippen molar-refractivity contribution in [1.82, 2.24) is 34.6 Å². The van der Waals surface area contributed by atoms with E-state index in [0.29, 0.717) is 47.2 Å². The third-order valence-corrected chi connectivity index (χ3v) is 5.64. The molecule has 5 rings (SSSR count). The van der Waals surface area contributed by atoms with Crippen LogP contribution in [0.2, 0.25) is 10.2 Å². The number of methoxy groups -OCH3 is 1. The number of ether oxygens (including phenoxy) is 1. The molecule has 1 fully saturated rings.